The summed E-state index contributed by atoms with van der Waals surface area (Å²) < 4.78 is 39.8. The maximum atomic E-state index is 13.6. The first-order valence-corrected chi connectivity index (χ1v) is 5.26. The number of rotatable bonds is 2. The van der Waals surface area contributed by atoms with Crippen molar-refractivity contribution in [2.45, 2.75) is 6.92 Å². The second kappa shape index (κ2) is 4.72. The molecule has 0 amide bonds. The largest absolute Gasteiger partial charge is 0.478 e. The fraction of sp³-hybridized carbons (Fsp3) is 0.0769. The van der Waals surface area contributed by atoms with E-state index in [4.69, 9.17) is 5.11 Å². The molecule has 1 aromatic carbocycles. The molecule has 1 aromatic heterocycles. The fourth-order valence-corrected chi connectivity index (χ4v) is 1.70. The van der Waals surface area contributed by atoms with Gasteiger partial charge in [0.2, 0.25) is 0 Å². The van der Waals surface area contributed by atoms with Gasteiger partial charge in [-0.05, 0) is 30.7 Å². The van der Waals surface area contributed by atoms with Crippen LogP contribution >= 0.6 is 0 Å². The molecule has 0 saturated heterocycles. The molecule has 2 aromatic rings. The van der Waals surface area contributed by atoms with Crippen LogP contribution in [0, 0.1) is 24.4 Å². The Balaban J connectivity index is 2.72. The minimum atomic E-state index is -1.60. The van der Waals surface area contributed by atoms with Crippen molar-refractivity contribution >= 4 is 22.9 Å². The summed E-state index contributed by atoms with van der Waals surface area (Å²) in [5, 5.41) is 8.64. The van der Waals surface area contributed by atoms with Crippen LogP contribution in [0.1, 0.15) is 11.3 Å². The van der Waals surface area contributed by atoms with Gasteiger partial charge in [-0.1, -0.05) is 0 Å². The van der Waals surface area contributed by atoms with Crippen molar-refractivity contribution in [2.24, 2.45) is 0 Å². The molecule has 0 aliphatic rings. The minimum absolute atomic E-state index is 0.142. The van der Waals surface area contributed by atoms with Crippen molar-refractivity contribution < 1.29 is 23.1 Å². The molecule has 0 radical (unpaired) electrons. The molecule has 0 bridgehead atoms. The molecule has 98 valence electrons. The van der Waals surface area contributed by atoms with Crippen LogP contribution in [-0.2, 0) is 4.79 Å². The predicted molar refractivity (Wildman–Crippen MR) is 63.0 cm³/mol. The number of carbonyl (C=O) groups is 1. The topological polar surface area (TPSA) is 50.2 Å². The molecule has 0 saturated carbocycles. The number of carboxylic acids is 1. The smallest absolute Gasteiger partial charge is 0.328 e. The van der Waals surface area contributed by atoms with Gasteiger partial charge in [0.1, 0.15) is 5.52 Å². The number of aryl methyl sites for hydroxylation is 1. The normalized spacial score (nSPS) is 11.4. The van der Waals surface area contributed by atoms with Crippen molar-refractivity contribution in [2.75, 3.05) is 0 Å². The first-order chi connectivity index (χ1) is 8.90. The quantitative estimate of drug-likeness (QED) is 0.672. The number of aliphatic carboxylic acids is 1. The molecular weight excluding hydrogens is 259 g/mol. The van der Waals surface area contributed by atoms with E-state index in [2.05, 4.69) is 4.98 Å². The highest BCUT2D eigenvalue weighted by Gasteiger charge is 2.16. The van der Waals surface area contributed by atoms with E-state index in [-0.39, 0.29) is 16.6 Å². The molecule has 0 unspecified atom stereocenters. The summed E-state index contributed by atoms with van der Waals surface area (Å²) in [7, 11) is 0. The number of hydrogen-bond acceptors (Lipinski definition) is 2. The third-order valence-electron chi connectivity index (χ3n) is 2.56. The highest BCUT2D eigenvalue weighted by atomic mass is 19.2. The lowest BCUT2D eigenvalue weighted by Crippen LogP contribution is -1.97. The van der Waals surface area contributed by atoms with Crippen molar-refractivity contribution in [1.82, 2.24) is 4.98 Å². The highest BCUT2D eigenvalue weighted by Crippen LogP contribution is 2.25. The molecule has 0 fully saturated rings. The second-order valence-corrected chi connectivity index (χ2v) is 3.92. The fourth-order valence-electron chi connectivity index (χ4n) is 1.70. The summed E-state index contributed by atoms with van der Waals surface area (Å²) in [5.74, 6) is -5.46. The number of carboxylic acid groups (broad SMARTS) is 1. The van der Waals surface area contributed by atoms with Gasteiger partial charge in [0.15, 0.2) is 17.5 Å². The molecule has 0 aliphatic heterocycles. The number of halogens is 3. The zero-order valence-electron chi connectivity index (χ0n) is 9.75. The predicted octanol–water partition coefficient (Wildman–Crippen LogP) is 3.06. The number of fused-ring (bicyclic) bond motifs is 1. The van der Waals surface area contributed by atoms with Gasteiger partial charge in [0.25, 0.3) is 0 Å². The van der Waals surface area contributed by atoms with Gasteiger partial charge < -0.3 is 5.11 Å². The van der Waals surface area contributed by atoms with Gasteiger partial charge in [0, 0.05) is 11.5 Å². The Morgan fingerprint density at radius 1 is 1.26 bits per heavy atom. The number of pyridine rings is 1. The highest BCUT2D eigenvalue weighted by molar-refractivity contribution is 5.87. The summed E-state index contributed by atoms with van der Waals surface area (Å²) in [6.07, 6.45) is 1.97. The molecule has 6 heteroatoms. The molecule has 0 aliphatic carbocycles. The summed E-state index contributed by atoms with van der Waals surface area (Å²) in [5.41, 5.74) is 0.286. The maximum absolute atomic E-state index is 13.6. The van der Waals surface area contributed by atoms with Crippen LogP contribution in [0.5, 0.6) is 0 Å². The van der Waals surface area contributed by atoms with Crippen LogP contribution in [0.4, 0.5) is 13.2 Å². The Bertz CT molecular complexity index is 711. The first-order valence-electron chi connectivity index (χ1n) is 5.26. The average molecular weight is 267 g/mol. The number of aromatic nitrogens is 1. The van der Waals surface area contributed by atoms with Gasteiger partial charge in [-0.25, -0.2) is 22.9 Å². The van der Waals surface area contributed by atoms with E-state index >= 15 is 0 Å². The Morgan fingerprint density at radius 2 is 1.95 bits per heavy atom. The number of nitrogens with zero attached hydrogens (tertiary/aromatic N) is 1. The molecule has 0 atom stereocenters. The molecule has 3 nitrogen and oxygen atoms in total. The zero-order chi connectivity index (χ0) is 14.2. The number of hydrogen-bond donors (Lipinski definition) is 1. The molecule has 19 heavy (non-hydrogen) atoms. The van der Waals surface area contributed by atoms with E-state index in [1.807, 2.05) is 0 Å². The summed E-state index contributed by atoms with van der Waals surface area (Å²) >= 11 is 0. The Morgan fingerprint density at radius 3 is 2.58 bits per heavy atom. The van der Waals surface area contributed by atoms with E-state index in [0.29, 0.717) is 5.56 Å². The lowest BCUT2D eigenvalue weighted by atomic mass is 10.1. The SMILES string of the molecule is Cc1cc(/C=C/C(=O)O)nc2c(F)c(F)c(F)cc12. The van der Waals surface area contributed by atoms with Gasteiger partial charge >= 0.3 is 5.97 Å². The zero-order valence-corrected chi connectivity index (χ0v) is 9.75. The van der Waals surface area contributed by atoms with Crippen LogP contribution in [0.3, 0.4) is 0 Å². The Kier molecular flexibility index (Phi) is 3.25. The van der Waals surface area contributed by atoms with Crippen LogP contribution in [0.25, 0.3) is 17.0 Å². The molecule has 0 spiro atoms. The van der Waals surface area contributed by atoms with Crippen molar-refractivity contribution in [1.29, 1.82) is 0 Å². The van der Waals surface area contributed by atoms with Crippen LogP contribution in [0.2, 0.25) is 0 Å². The Hall–Kier alpha value is -2.37. The third kappa shape index (κ3) is 2.42. The van der Waals surface area contributed by atoms with Crippen molar-refractivity contribution in [3.05, 3.63) is 46.9 Å². The molecular formula is C13H8F3NO2. The van der Waals surface area contributed by atoms with Crippen LogP contribution < -0.4 is 0 Å². The van der Waals surface area contributed by atoms with Gasteiger partial charge in [-0.2, -0.15) is 0 Å². The average Bonchev–Trinajstić information content (AvgIpc) is 2.35. The van der Waals surface area contributed by atoms with Crippen LogP contribution in [0.15, 0.2) is 18.2 Å². The van der Waals surface area contributed by atoms with Crippen LogP contribution in [-0.4, -0.2) is 16.1 Å². The van der Waals surface area contributed by atoms with Gasteiger partial charge in [-0.3, -0.25) is 0 Å². The molecule has 1 N–H and O–H groups in total. The van der Waals surface area contributed by atoms with Gasteiger partial charge in [0.05, 0.1) is 5.69 Å². The Labute approximate surface area is 106 Å². The van der Waals surface area contributed by atoms with E-state index in [0.717, 1.165) is 18.2 Å². The van der Waals surface area contributed by atoms with Crippen molar-refractivity contribution in [3.8, 4) is 0 Å². The van der Waals surface area contributed by atoms with Gasteiger partial charge in [-0.15, -0.1) is 0 Å². The lowest BCUT2D eigenvalue weighted by molar-refractivity contribution is -0.131. The van der Waals surface area contributed by atoms with E-state index in [1.54, 1.807) is 6.92 Å². The summed E-state index contributed by atoms with van der Waals surface area (Å²) in [6, 6.07) is 2.32. The molecule has 1 heterocycles. The maximum Gasteiger partial charge on any atom is 0.328 e. The van der Waals surface area contributed by atoms with E-state index in [9.17, 15) is 18.0 Å². The summed E-state index contributed by atoms with van der Waals surface area (Å²) in [4.78, 5) is 14.2. The van der Waals surface area contributed by atoms with Crippen molar-refractivity contribution in [3.63, 3.8) is 0 Å². The van der Waals surface area contributed by atoms with E-state index < -0.39 is 23.4 Å². The van der Waals surface area contributed by atoms with E-state index in [1.165, 1.54) is 6.07 Å². The first kappa shape index (κ1) is 13.1. The lowest BCUT2D eigenvalue weighted by Gasteiger charge is -2.06. The third-order valence-corrected chi connectivity index (χ3v) is 2.56. The molecule has 2 rings (SSSR count). The minimum Gasteiger partial charge on any atom is -0.478 e. The monoisotopic (exact) mass is 267 g/mol. The number of benzene rings is 1. The standard InChI is InChI=1S/C13H8F3NO2/c1-6-4-7(2-3-10(18)19)17-13-8(6)5-9(14)11(15)12(13)16/h2-5H,1H3,(H,18,19)/b3-2+. The second-order valence-electron chi connectivity index (χ2n) is 3.92. The summed E-state index contributed by atoms with van der Waals surface area (Å²) in [6.45, 7) is 1.57.